The van der Waals surface area contributed by atoms with Gasteiger partial charge in [0.05, 0.1) is 6.10 Å². The first-order chi connectivity index (χ1) is 10.9. The number of rotatable bonds is 3. The Bertz CT molecular complexity index is 615. The number of anilines is 1. The molecule has 1 aromatic heterocycles. The van der Waals surface area contributed by atoms with Crippen molar-refractivity contribution in [2.45, 2.75) is 31.8 Å². The van der Waals surface area contributed by atoms with Gasteiger partial charge in [0.1, 0.15) is 5.01 Å². The van der Waals surface area contributed by atoms with Crippen molar-refractivity contribution in [3.8, 4) is 0 Å². The zero-order valence-electron chi connectivity index (χ0n) is 12.6. The van der Waals surface area contributed by atoms with Crippen LogP contribution in [-0.4, -0.2) is 36.0 Å². The van der Waals surface area contributed by atoms with Crippen molar-refractivity contribution in [2.75, 3.05) is 24.6 Å². The first-order valence-electron chi connectivity index (χ1n) is 8.11. The van der Waals surface area contributed by atoms with Crippen LogP contribution < -0.4 is 4.90 Å². The average molecular weight is 315 g/mol. The fourth-order valence-electron chi connectivity index (χ4n) is 3.48. The van der Waals surface area contributed by atoms with Gasteiger partial charge in [0.2, 0.25) is 5.13 Å². The van der Waals surface area contributed by atoms with E-state index in [1.807, 2.05) is 6.07 Å². The lowest BCUT2D eigenvalue weighted by Crippen LogP contribution is -2.46. The fraction of sp³-hybridized carbons (Fsp3) is 0.529. The fourth-order valence-corrected chi connectivity index (χ4v) is 4.38. The minimum Gasteiger partial charge on any atom is -0.378 e. The quantitative estimate of drug-likeness (QED) is 0.872. The van der Waals surface area contributed by atoms with Crippen LogP contribution in [0.2, 0.25) is 0 Å². The van der Waals surface area contributed by atoms with E-state index in [0.29, 0.717) is 12.0 Å². The maximum atomic E-state index is 5.89. The van der Waals surface area contributed by atoms with Gasteiger partial charge in [-0.15, -0.1) is 10.2 Å². The lowest BCUT2D eigenvalue weighted by atomic mass is 9.89. The topological polar surface area (TPSA) is 38.2 Å². The molecular formula is C17H21N3OS. The van der Waals surface area contributed by atoms with Crippen molar-refractivity contribution in [3.05, 3.63) is 40.9 Å². The Hall–Kier alpha value is -1.46. The zero-order valence-corrected chi connectivity index (χ0v) is 13.5. The Morgan fingerprint density at radius 2 is 2.09 bits per heavy atom. The highest BCUT2D eigenvalue weighted by atomic mass is 32.1. The molecule has 0 unspecified atom stereocenters. The molecule has 2 aliphatic rings. The van der Waals surface area contributed by atoms with Crippen molar-refractivity contribution in [3.63, 3.8) is 0 Å². The maximum absolute atomic E-state index is 5.89. The van der Waals surface area contributed by atoms with E-state index < -0.39 is 0 Å². The Labute approximate surface area is 135 Å². The standard InChI is InChI=1S/C17H21N3OS/c1-2-5-13(6-3-1)11-16-18-19-17(22-16)20-9-8-15-14(12-20)7-4-10-21-15/h1-3,5-6,14-15H,4,7-12H2/t14-,15-/m0/s1. The van der Waals surface area contributed by atoms with E-state index in [0.717, 1.165) is 42.7 Å². The number of fused-ring (bicyclic) bond motifs is 1. The van der Waals surface area contributed by atoms with Gasteiger partial charge < -0.3 is 9.64 Å². The number of benzene rings is 1. The van der Waals surface area contributed by atoms with E-state index in [1.165, 1.54) is 18.4 Å². The summed E-state index contributed by atoms with van der Waals surface area (Å²) in [5.74, 6) is 0.670. The molecule has 0 saturated carbocycles. The molecule has 2 atom stereocenters. The molecule has 4 nitrogen and oxygen atoms in total. The third-order valence-electron chi connectivity index (χ3n) is 4.64. The van der Waals surface area contributed by atoms with E-state index in [2.05, 4.69) is 39.4 Å². The van der Waals surface area contributed by atoms with Crippen molar-refractivity contribution in [2.24, 2.45) is 5.92 Å². The van der Waals surface area contributed by atoms with Crippen LogP contribution in [0.25, 0.3) is 0 Å². The van der Waals surface area contributed by atoms with E-state index in [9.17, 15) is 0 Å². The van der Waals surface area contributed by atoms with Crippen LogP contribution in [-0.2, 0) is 11.2 Å². The van der Waals surface area contributed by atoms with Crippen LogP contribution in [0.1, 0.15) is 29.8 Å². The van der Waals surface area contributed by atoms with Crippen LogP contribution >= 0.6 is 11.3 Å². The normalized spacial score (nSPS) is 25.0. The Morgan fingerprint density at radius 3 is 3.00 bits per heavy atom. The number of piperidine rings is 1. The van der Waals surface area contributed by atoms with E-state index in [-0.39, 0.29) is 0 Å². The predicted octanol–water partition coefficient (Wildman–Crippen LogP) is 3.13. The third kappa shape index (κ3) is 3.01. The maximum Gasteiger partial charge on any atom is 0.208 e. The van der Waals surface area contributed by atoms with Crippen LogP contribution in [0, 0.1) is 5.92 Å². The lowest BCUT2D eigenvalue weighted by Gasteiger charge is -2.40. The molecule has 2 aromatic rings. The first kappa shape index (κ1) is 14.2. The first-order valence-corrected chi connectivity index (χ1v) is 8.93. The van der Waals surface area contributed by atoms with Gasteiger partial charge in [-0.25, -0.2) is 0 Å². The number of hydrogen-bond acceptors (Lipinski definition) is 5. The summed E-state index contributed by atoms with van der Waals surface area (Å²) in [4.78, 5) is 2.40. The number of hydrogen-bond donors (Lipinski definition) is 0. The summed E-state index contributed by atoms with van der Waals surface area (Å²) in [5, 5.41) is 11.0. The monoisotopic (exact) mass is 315 g/mol. The minimum absolute atomic E-state index is 0.474. The Balaban J connectivity index is 1.43. The highest BCUT2D eigenvalue weighted by Gasteiger charge is 2.33. The number of nitrogens with zero attached hydrogens (tertiary/aromatic N) is 3. The minimum atomic E-state index is 0.474. The summed E-state index contributed by atoms with van der Waals surface area (Å²) in [6, 6.07) is 10.5. The Morgan fingerprint density at radius 1 is 1.18 bits per heavy atom. The Kier molecular flexibility index (Phi) is 4.08. The second kappa shape index (κ2) is 6.34. The average Bonchev–Trinajstić information content (AvgIpc) is 3.04. The molecule has 116 valence electrons. The molecule has 0 bridgehead atoms. The second-order valence-electron chi connectivity index (χ2n) is 6.19. The van der Waals surface area contributed by atoms with Gasteiger partial charge in [0.15, 0.2) is 0 Å². The molecule has 1 aromatic carbocycles. The molecule has 5 heteroatoms. The summed E-state index contributed by atoms with van der Waals surface area (Å²) < 4.78 is 5.89. The largest absolute Gasteiger partial charge is 0.378 e. The molecule has 0 amide bonds. The molecule has 2 fully saturated rings. The summed E-state index contributed by atoms with van der Waals surface area (Å²) in [7, 11) is 0. The molecule has 2 saturated heterocycles. The van der Waals surface area contributed by atoms with Gasteiger partial charge in [0.25, 0.3) is 0 Å². The molecule has 2 aliphatic heterocycles. The van der Waals surface area contributed by atoms with Crippen molar-refractivity contribution in [1.82, 2.24) is 10.2 Å². The molecule has 3 heterocycles. The molecule has 0 radical (unpaired) electrons. The zero-order chi connectivity index (χ0) is 14.8. The van der Waals surface area contributed by atoms with Crippen molar-refractivity contribution < 1.29 is 4.74 Å². The summed E-state index contributed by atoms with van der Waals surface area (Å²) >= 11 is 1.74. The van der Waals surface area contributed by atoms with Gasteiger partial charge in [-0.1, -0.05) is 41.7 Å². The molecule has 4 rings (SSSR count). The molecule has 0 spiro atoms. The van der Waals surface area contributed by atoms with Gasteiger partial charge in [-0.05, 0) is 24.8 Å². The van der Waals surface area contributed by atoms with Gasteiger partial charge >= 0.3 is 0 Å². The lowest BCUT2D eigenvalue weighted by molar-refractivity contribution is -0.0357. The SMILES string of the molecule is c1ccc(Cc2nnc(N3CC[C@@H]4OCCC[C@H]4C3)s2)cc1. The van der Waals surface area contributed by atoms with E-state index >= 15 is 0 Å². The van der Waals surface area contributed by atoms with Crippen molar-refractivity contribution in [1.29, 1.82) is 0 Å². The van der Waals surface area contributed by atoms with Crippen LogP contribution in [0.3, 0.4) is 0 Å². The van der Waals surface area contributed by atoms with Gasteiger partial charge in [-0.3, -0.25) is 0 Å². The summed E-state index contributed by atoms with van der Waals surface area (Å²) in [6.45, 7) is 3.06. The molecule has 0 aliphatic carbocycles. The second-order valence-corrected chi connectivity index (χ2v) is 7.23. The molecule has 22 heavy (non-hydrogen) atoms. The number of aromatic nitrogens is 2. The van der Waals surface area contributed by atoms with E-state index in [4.69, 9.17) is 4.74 Å². The molecule has 0 N–H and O–H groups in total. The highest BCUT2D eigenvalue weighted by molar-refractivity contribution is 7.15. The smallest absolute Gasteiger partial charge is 0.208 e. The van der Waals surface area contributed by atoms with Crippen molar-refractivity contribution >= 4 is 16.5 Å². The van der Waals surface area contributed by atoms with Crippen LogP contribution in [0.5, 0.6) is 0 Å². The van der Waals surface area contributed by atoms with Crippen LogP contribution in [0.15, 0.2) is 30.3 Å². The summed E-state index contributed by atoms with van der Waals surface area (Å²) in [6.07, 6.45) is 4.96. The van der Waals surface area contributed by atoms with Crippen LogP contribution in [0.4, 0.5) is 5.13 Å². The molecular weight excluding hydrogens is 294 g/mol. The predicted molar refractivity (Wildman–Crippen MR) is 88.5 cm³/mol. The highest BCUT2D eigenvalue weighted by Crippen LogP contribution is 2.32. The summed E-state index contributed by atoms with van der Waals surface area (Å²) in [5.41, 5.74) is 1.30. The number of ether oxygens (including phenoxy) is 1. The van der Waals surface area contributed by atoms with Gasteiger partial charge in [-0.2, -0.15) is 0 Å². The van der Waals surface area contributed by atoms with Gasteiger partial charge in [0, 0.05) is 32.0 Å². The third-order valence-corrected chi connectivity index (χ3v) is 5.62. The van der Waals surface area contributed by atoms with E-state index in [1.54, 1.807) is 11.3 Å².